The van der Waals surface area contributed by atoms with Gasteiger partial charge >= 0.3 is 0 Å². The topological polar surface area (TPSA) is 53.2 Å². The van der Waals surface area contributed by atoms with Crippen LogP contribution in [0.5, 0.6) is 0 Å². The molecule has 4 heteroatoms. The highest BCUT2D eigenvalue weighted by molar-refractivity contribution is 6.13. The number of para-hydroxylation sites is 1. The number of nitrogens with zero attached hydrogens (tertiary/aromatic N) is 2. The van der Waals surface area contributed by atoms with E-state index in [1.807, 2.05) is 43.4 Å². The third-order valence-electron chi connectivity index (χ3n) is 8.26. The predicted molar refractivity (Wildman–Crippen MR) is 167 cm³/mol. The summed E-state index contributed by atoms with van der Waals surface area (Å²) in [5, 5.41) is 14.3. The molecule has 1 aliphatic carbocycles. The predicted octanol–water partition coefficient (Wildman–Crippen LogP) is 8.08. The summed E-state index contributed by atoms with van der Waals surface area (Å²) in [6, 6.07) is 40.3. The van der Waals surface area contributed by atoms with Crippen LogP contribution in [0, 0.1) is 5.41 Å². The van der Waals surface area contributed by atoms with E-state index in [0.717, 1.165) is 16.8 Å². The van der Waals surface area contributed by atoms with E-state index in [1.54, 1.807) is 0 Å². The Hall–Kier alpha value is -4.96. The van der Waals surface area contributed by atoms with Gasteiger partial charge in [0, 0.05) is 40.0 Å². The standard InChI is InChI=1S/C36H30N4/c1-36(2)30-18-9-7-16-26(30)28-21-29-27-17-8-10-19-32(27)40(33(29)22-31(28)36)25-15-11-14-24(20-25)35(38-3)39-34(37)23-12-5-4-6-13-23/h4-22H,1-3H3,(H2,37,38,39). The van der Waals surface area contributed by atoms with Crippen molar-refractivity contribution in [3.8, 4) is 16.8 Å². The summed E-state index contributed by atoms with van der Waals surface area (Å²) < 4.78 is 2.36. The summed E-state index contributed by atoms with van der Waals surface area (Å²) in [6.45, 7) is 4.66. The fraction of sp³-hybridized carbons (Fsp3) is 0.111. The molecule has 7 rings (SSSR count). The van der Waals surface area contributed by atoms with Crippen LogP contribution in [0.4, 0.5) is 0 Å². The molecule has 0 spiro atoms. The van der Waals surface area contributed by atoms with Crippen molar-refractivity contribution in [1.29, 1.82) is 5.41 Å². The van der Waals surface area contributed by atoms with Gasteiger partial charge in [0.15, 0.2) is 5.84 Å². The molecule has 0 atom stereocenters. The second kappa shape index (κ2) is 9.06. The van der Waals surface area contributed by atoms with Crippen molar-refractivity contribution in [2.75, 3.05) is 7.05 Å². The van der Waals surface area contributed by atoms with Crippen LogP contribution in [-0.4, -0.2) is 23.3 Å². The van der Waals surface area contributed by atoms with Gasteiger partial charge in [-0.25, -0.2) is 4.99 Å². The Balaban J connectivity index is 1.43. The molecule has 0 saturated heterocycles. The second-order valence-electron chi connectivity index (χ2n) is 10.9. The van der Waals surface area contributed by atoms with Crippen molar-refractivity contribution in [2.24, 2.45) is 4.99 Å². The molecular weight excluding hydrogens is 488 g/mol. The molecule has 1 aliphatic rings. The first-order valence-corrected chi connectivity index (χ1v) is 13.7. The lowest BCUT2D eigenvalue weighted by molar-refractivity contribution is 0.661. The molecule has 4 nitrogen and oxygen atoms in total. The van der Waals surface area contributed by atoms with E-state index in [0.29, 0.717) is 5.84 Å². The van der Waals surface area contributed by atoms with Crippen LogP contribution >= 0.6 is 0 Å². The van der Waals surface area contributed by atoms with E-state index < -0.39 is 0 Å². The summed E-state index contributed by atoms with van der Waals surface area (Å²) in [4.78, 5) is 4.65. The maximum absolute atomic E-state index is 8.55. The van der Waals surface area contributed by atoms with Gasteiger partial charge in [-0.05, 0) is 52.6 Å². The van der Waals surface area contributed by atoms with Gasteiger partial charge in [-0.2, -0.15) is 0 Å². The molecule has 0 fully saturated rings. The Morgan fingerprint density at radius 2 is 1.40 bits per heavy atom. The van der Waals surface area contributed by atoms with Gasteiger partial charge in [-0.3, -0.25) is 5.41 Å². The van der Waals surface area contributed by atoms with Gasteiger partial charge < -0.3 is 9.88 Å². The van der Waals surface area contributed by atoms with E-state index in [9.17, 15) is 0 Å². The first kappa shape index (κ1) is 24.1. The van der Waals surface area contributed by atoms with E-state index in [2.05, 4.69) is 108 Å². The Kier molecular flexibility index (Phi) is 5.46. The highest BCUT2D eigenvalue weighted by Crippen LogP contribution is 2.50. The van der Waals surface area contributed by atoms with Crippen LogP contribution in [0.25, 0.3) is 38.6 Å². The zero-order valence-electron chi connectivity index (χ0n) is 22.9. The highest BCUT2D eigenvalue weighted by atomic mass is 15.0. The highest BCUT2D eigenvalue weighted by Gasteiger charge is 2.36. The lowest BCUT2D eigenvalue weighted by Gasteiger charge is -2.21. The Morgan fingerprint density at radius 1 is 0.675 bits per heavy atom. The summed E-state index contributed by atoms with van der Waals surface area (Å²) in [5.74, 6) is 0.888. The molecule has 0 aliphatic heterocycles. The Morgan fingerprint density at radius 3 is 2.23 bits per heavy atom. The van der Waals surface area contributed by atoms with Gasteiger partial charge in [0.05, 0.1) is 11.0 Å². The summed E-state index contributed by atoms with van der Waals surface area (Å²) >= 11 is 0. The van der Waals surface area contributed by atoms with Crippen molar-refractivity contribution < 1.29 is 0 Å². The second-order valence-corrected chi connectivity index (χ2v) is 10.9. The fourth-order valence-corrected chi connectivity index (χ4v) is 6.27. The summed E-state index contributed by atoms with van der Waals surface area (Å²) in [6.07, 6.45) is 0. The largest absolute Gasteiger partial charge is 0.373 e. The quantitative estimate of drug-likeness (QED) is 0.181. The van der Waals surface area contributed by atoms with Gasteiger partial charge in [0.2, 0.25) is 0 Å². The van der Waals surface area contributed by atoms with Crippen LogP contribution in [0.2, 0.25) is 0 Å². The first-order chi connectivity index (χ1) is 19.5. The smallest absolute Gasteiger partial charge is 0.154 e. The third kappa shape index (κ3) is 3.60. The van der Waals surface area contributed by atoms with E-state index >= 15 is 0 Å². The molecule has 0 amide bonds. The first-order valence-electron chi connectivity index (χ1n) is 13.7. The monoisotopic (exact) mass is 518 g/mol. The van der Waals surface area contributed by atoms with Gasteiger partial charge in [-0.15, -0.1) is 0 Å². The molecule has 0 unspecified atom stereocenters. The van der Waals surface area contributed by atoms with Crippen molar-refractivity contribution in [3.63, 3.8) is 0 Å². The molecule has 6 aromatic rings. The molecular formula is C36H30N4. The number of aromatic nitrogens is 1. The fourth-order valence-electron chi connectivity index (χ4n) is 6.27. The van der Waals surface area contributed by atoms with Crippen molar-refractivity contribution in [1.82, 2.24) is 9.88 Å². The SMILES string of the molecule is CN/C(=N\C(=N)c1ccccc1)c1cccc(-n2c3ccccc3c3cc4c(cc32)C(C)(C)c2ccccc2-4)c1. The number of fused-ring (bicyclic) bond motifs is 6. The zero-order chi connectivity index (χ0) is 27.4. The lowest BCUT2D eigenvalue weighted by atomic mass is 9.82. The van der Waals surface area contributed by atoms with Crippen molar-refractivity contribution in [3.05, 3.63) is 138 Å². The number of benzene rings is 5. The van der Waals surface area contributed by atoms with Crippen LogP contribution in [0.1, 0.15) is 36.1 Å². The average molecular weight is 519 g/mol. The number of hydrogen-bond acceptors (Lipinski definition) is 1. The van der Waals surface area contributed by atoms with Crippen molar-refractivity contribution >= 4 is 33.5 Å². The zero-order valence-corrected chi connectivity index (χ0v) is 22.9. The number of aliphatic imine (C=N–C) groups is 1. The molecule has 0 saturated carbocycles. The van der Waals surface area contributed by atoms with Crippen molar-refractivity contribution in [2.45, 2.75) is 19.3 Å². The third-order valence-corrected chi connectivity index (χ3v) is 8.26. The number of amidine groups is 2. The molecule has 1 heterocycles. The molecule has 194 valence electrons. The number of rotatable bonds is 3. The minimum absolute atomic E-state index is 0.0764. The molecule has 2 N–H and O–H groups in total. The van der Waals surface area contributed by atoms with E-state index in [1.165, 1.54) is 44.1 Å². The Labute approximate surface area is 234 Å². The minimum atomic E-state index is -0.0764. The average Bonchev–Trinajstić information content (AvgIpc) is 3.44. The molecule has 5 aromatic carbocycles. The van der Waals surface area contributed by atoms with E-state index in [-0.39, 0.29) is 11.3 Å². The van der Waals surface area contributed by atoms with Gasteiger partial charge in [0.25, 0.3) is 0 Å². The lowest BCUT2D eigenvalue weighted by Crippen LogP contribution is -2.21. The normalized spacial score (nSPS) is 13.8. The molecule has 1 aromatic heterocycles. The van der Waals surface area contributed by atoms with Crippen LogP contribution in [-0.2, 0) is 5.41 Å². The minimum Gasteiger partial charge on any atom is -0.373 e. The number of hydrogen-bond donors (Lipinski definition) is 2. The van der Waals surface area contributed by atoms with Crippen LogP contribution in [0.3, 0.4) is 0 Å². The van der Waals surface area contributed by atoms with Crippen LogP contribution < -0.4 is 5.32 Å². The Bertz CT molecular complexity index is 1980. The van der Waals surface area contributed by atoms with Gasteiger partial charge in [0.1, 0.15) is 5.84 Å². The molecule has 0 radical (unpaired) electrons. The maximum atomic E-state index is 8.55. The molecule has 0 bridgehead atoms. The summed E-state index contributed by atoms with van der Waals surface area (Å²) in [7, 11) is 1.85. The van der Waals surface area contributed by atoms with Gasteiger partial charge in [-0.1, -0.05) is 98.8 Å². The van der Waals surface area contributed by atoms with Crippen LogP contribution in [0.15, 0.2) is 120 Å². The maximum Gasteiger partial charge on any atom is 0.154 e. The molecule has 40 heavy (non-hydrogen) atoms. The number of nitrogens with one attached hydrogen (secondary N) is 2. The summed E-state index contributed by atoms with van der Waals surface area (Å²) in [5.41, 5.74) is 10.5. The van der Waals surface area contributed by atoms with E-state index in [4.69, 9.17) is 5.41 Å².